The topological polar surface area (TPSA) is 57.5 Å². The van der Waals surface area contributed by atoms with Crippen molar-refractivity contribution in [1.82, 2.24) is 0 Å². The Morgan fingerprint density at radius 3 is 2.74 bits per heavy atom. The molecule has 1 aliphatic rings. The van der Waals surface area contributed by atoms with Crippen LogP contribution in [-0.2, 0) is 0 Å². The molecular weight excluding hydrogens is 267 g/mol. The maximum absolute atomic E-state index is 13.7. The molecule has 1 saturated carbocycles. The smallest absolute Gasteiger partial charge is 0.335 e. The number of carboxylic acids is 1. The van der Waals surface area contributed by atoms with E-state index in [1.165, 1.54) is 30.0 Å². The minimum Gasteiger partial charge on any atom is -0.478 e. The number of rotatable bonds is 3. The molecule has 19 heavy (non-hydrogen) atoms. The molecule has 0 aromatic heterocycles. The molecule has 0 amide bonds. The predicted octanol–water partition coefficient (Wildman–Crippen LogP) is 3.31. The van der Waals surface area contributed by atoms with Crippen LogP contribution in [0.15, 0.2) is 23.1 Å². The van der Waals surface area contributed by atoms with Crippen molar-refractivity contribution in [3.8, 4) is 0 Å². The van der Waals surface area contributed by atoms with E-state index in [1.54, 1.807) is 0 Å². The third-order valence-electron chi connectivity index (χ3n) is 3.37. The van der Waals surface area contributed by atoms with Gasteiger partial charge in [0.2, 0.25) is 0 Å². The summed E-state index contributed by atoms with van der Waals surface area (Å²) in [6, 6.07) is 3.78. The first-order valence-electron chi connectivity index (χ1n) is 6.45. The number of carboxylic acid groups (broad SMARTS) is 1. The molecule has 2 N–H and O–H groups in total. The lowest BCUT2D eigenvalue weighted by Crippen LogP contribution is -2.21. The van der Waals surface area contributed by atoms with Crippen LogP contribution in [0.3, 0.4) is 0 Å². The molecule has 2 rings (SSSR count). The van der Waals surface area contributed by atoms with Crippen LogP contribution < -0.4 is 0 Å². The fraction of sp³-hybridized carbons (Fsp3) is 0.500. The van der Waals surface area contributed by atoms with Gasteiger partial charge in [0, 0.05) is 10.1 Å². The van der Waals surface area contributed by atoms with E-state index in [0.29, 0.717) is 4.90 Å². The molecule has 2 atom stereocenters. The van der Waals surface area contributed by atoms with Crippen molar-refractivity contribution in [3.63, 3.8) is 0 Å². The largest absolute Gasteiger partial charge is 0.478 e. The maximum atomic E-state index is 13.7. The van der Waals surface area contributed by atoms with Crippen molar-refractivity contribution in [2.45, 2.75) is 48.4 Å². The van der Waals surface area contributed by atoms with Crippen LogP contribution >= 0.6 is 11.8 Å². The Kier molecular flexibility index (Phi) is 4.82. The lowest BCUT2D eigenvalue weighted by Gasteiger charge is -2.20. The molecule has 2 unspecified atom stereocenters. The summed E-state index contributed by atoms with van der Waals surface area (Å²) in [5, 5.41) is 18.9. The van der Waals surface area contributed by atoms with E-state index >= 15 is 0 Å². The highest BCUT2D eigenvalue weighted by atomic mass is 32.2. The molecule has 0 saturated heterocycles. The van der Waals surface area contributed by atoms with Gasteiger partial charge in [-0.15, -0.1) is 11.8 Å². The highest BCUT2D eigenvalue weighted by molar-refractivity contribution is 8.00. The monoisotopic (exact) mass is 284 g/mol. The van der Waals surface area contributed by atoms with E-state index in [0.717, 1.165) is 32.1 Å². The van der Waals surface area contributed by atoms with Crippen LogP contribution in [0.4, 0.5) is 4.39 Å². The summed E-state index contributed by atoms with van der Waals surface area (Å²) in [7, 11) is 0. The average Bonchev–Trinajstić information content (AvgIpc) is 2.57. The van der Waals surface area contributed by atoms with Crippen LogP contribution in [0, 0.1) is 5.82 Å². The number of aliphatic hydroxyl groups excluding tert-OH is 1. The predicted molar refractivity (Wildman–Crippen MR) is 72.1 cm³/mol. The van der Waals surface area contributed by atoms with Crippen molar-refractivity contribution in [3.05, 3.63) is 29.6 Å². The Labute approximate surface area is 115 Å². The first-order chi connectivity index (χ1) is 9.08. The Bertz CT molecular complexity index is 464. The van der Waals surface area contributed by atoms with Gasteiger partial charge >= 0.3 is 5.97 Å². The Balaban J connectivity index is 2.16. The molecule has 0 heterocycles. The van der Waals surface area contributed by atoms with Crippen LogP contribution in [0.2, 0.25) is 0 Å². The van der Waals surface area contributed by atoms with Gasteiger partial charge in [-0.2, -0.15) is 0 Å². The summed E-state index contributed by atoms with van der Waals surface area (Å²) < 4.78 is 13.7. The molecule has 1 aliphatic carbocycles. The zero-order valence-electron chi connectivity index (χ0n) is 10.5. The molecule has 1 fully saturated rings. The lowest BCUT2D eigenvalue weighted by atomic mass is 10.1. The summed E-state index contributed by atoms with van der Waals surface area (Å²) >= 11 is 1.26. The molecule has 3 nitrogen and oxygen atoms in total. The highest BCUT2D eigenvalue weighted by Gasteiger charge is 2.24. The Hall–Kier alpha value is -1.07. The number of benzene rings is 1. The summed E-state index contributed by atoms with van der Waals surface area (Å²) in [6.07, 6.45) is 4.23. The van der Waals surface area contributed by atoms with Crippen LogP contribution in [0.5, 0.6) is 0 Å². The van der Waals surface area contributed by atoms with Crippen molar-refractivity contribution in [2.24, 2.45) is 0 Å². The number of halogens is 1. The number of thioether (sulfide) groups is 1. The second kappa shape index (κ2) is 6.39. The standard InChI is InChI=1S/C14H17FO3S/c15-10-7-6-9(14(17)18)8-13(10)19-12-5-3-1-2-4-11(12)16/h6-8,11-12,16H,1-5H2,(H,17,18). The van der Waals surface area contributed by atoms with Gasteiger partial charge in [0.1, 0.15) is 5.82 Å². The summed E-state index contributed by atoms with van der Waals surface area (Å²) in [4.78, 5) is 11.2. The Morgan fingerprint density at radius 1 is 1.26 bits per heavy atom. The van der Waals surface area contributed by atoms with E-state index in [2.05, 4.69) is 0 Å². The molecule has 0 bridgehead atoms. The van der Waals surface area contributed by atoms with Gasteiger partial charge in [0.05, 0.1) is 11.7 Å². The normalized spacial score (nSPS) is 23.9. The summed E-state index contributed by atoms with van der Waals surface area (Å²) in [6.45, 7) is 0. The molecule has 0 radical (unpaired) electrons. The zero-order chi connectivity index (χ0) is 13.8. The van der Waals surface area contributed by atoms with E-state index in [4.69, 9.17) is 5.11 Å². The average molecular weight is 284 g/mol. The van der Waals surface area contributed by atoms with Crippen molar-refractivity contribution in [2.75, 3.05) is 0 Å². The van der Waals surface area contributed by atoms with Gasteiger partial charge in [-0.05, 0) is 31.0 Å². The quantitative estimate of drug-likeness (QED) is 0.836. The van der Waals surface area contributed by atoms with E-state index in [-0.39, 0.29) is 10.8 Å². The minimum atomic E-state index is -1.07. The fourth-order valence-electron chi connectivity index (χ4n) is 2.28. The number of carbonyl (C=O) groups is 1. The SMILES string of the molecule is O=C(O)c1ccc(F)c(SC2CCCCCC2O)c1. The van der Waals surface area contributed by atoms with Gasteiger partial charge in [-0.25, -0.2) is 9.18 Å². The Morgan fingerprint density at radius 2 is 2.00 bits per heavy atom. The molecule has 0 aliphatic heterocycles. The van der Waals surface area contributed by atoms with E-state index < -0.39 is 17.9 Å². The minimum absolute atomic E-state index is 0.0546. The van der Waals surface area contributed by atoms with Gasteiger partial charge < -0.3 is 10.2 Å². The molecule has 0 spiro atoms. The van der Waals surface area contributed by atoms with E-state index in [1.807, 2.05) is 0 Å². The van der Waals surface area contributed by atoms with Crippen LogP contribution in [-0.4, -0.2) is 27.5 Å². The molecular formula is C14H17FO3S. The number of hydrogen-bond donors (Lipinski definition) is 2. The van der Waals surface area contributed by atoms with Gasteiger partial charge in [-0.3, -0.25) is 0 Å². The van der Waals surface area contributed by atoms with Crippen LogP contribution in [0.25, 0.3) is 0 Å². The molecule has 104 valence electrons. The third kappa shape index (κ3) is 3.70. The van der Waals surface area contributed by atoms with Gasteiger partial charge in [0.25, 0.3) is 0 Å². The van der Waals surface area contributed by atoms with Crippen molar-refractivity contribution in [1.29, 1.82) is 0 Å². The maximum Gasteiger partial charge on any atom is 0.335 e. The number of hydrogen-bond acceptors (Lipinski definition) is 3. The first-order valence-corrected chi connectivity index (χ1v) is 7.33. The molecule has 5 heteroatoms. The second-order valence-corrected chi connectivity index (χ2v) is 6.09. The van der Waals surface area contributed by atoms with Gasteiger partial charge in [-0.1, -0.05) is 19.3 Å². The van der Waals surface area contributed by atoms with Crippen LogP contribution in [0.1, 0.15) is 42.5 Å². The number of aromatic carboxylic acids is 1. The van der Waals surface area contributed by atoms with Gasteiger partial charge in [0.15, 0.2) is 0 Å². The lowest BCUT2D eigenvalue weighted by molar-refractivity contribution is 0.0696. The molecule has 1 aromatic carbocycles. The third-order valence-corrected chi connectivity index (χ3v) is 4.79. The highest BCUT2D eigenvalue weighted by Crippen LogP contribution is 2.34. The summed E-state index contributed by atoms with van der Waals surface area (Å²) in [5.41, 5.74) is 0.0759. The van der Waals surface area contributed by atoms with Crippen molar-refractivity contribution < 1.29 is 19.4 Å². The molecule has 1 aromatic rings. The van der Waals surface area contributed by atoms with E-state index in [9.17, 15) is 14.3 Å². The first kappa shape index (κ1) is 14.3. The van der Waals surface area contributed by atoms with Crippen molar-refractivity contribution >= 4 is 17.7 Å². The zero-order valence-corrected chi connectivity index (χ0v) is 11.3. The number of aliphatic hydroxyl groups is 1. The fourth-order valence-corrected chi connectivity index (χ4v) is 3.56. The second-order valence-electron chi connectivity index (χ2n) is 4.81. The summed E-state index contributed by atoms with van der Waals surface area (Å²) in [5.74, 6) is -1.49.